The molecule has 1 aliphatic heterocycles. The summed E-state index contributed by atoms with van der Waals surface area (Å²) in [5.74, 6) is 0.0652. The van der Waals surface area contributed by atoms with Crippen LogP contribution in [0.15, 0.2) is 18.2 Å². The molecule has 2 rings (SSSR count). The number of nitriles is 1. The van der Waals surface area contributed by atoms with E-state index in [1.165, 1.54) is 12.8 Å². The second-order valence-electron chi connectivity index (χ2n) is 3.51. The molecule has 0 saturated carbocycles. The Morgan fingerprint density at radius 3 is 2.64 bits per heavy atom. The summed E-state index contributed by atoms with van der Waals surface area (Å²) in [5.41, 5.74) is 1.39. The number of anilines is 1. The van der Waals surface area contributed by atoms with Crippen molar-refractivity contribution in [1.29, 1.82) is 5.26 Å². The number of nitrogens with zero attached hydrogens (tertiary/aromatic N) is 2. The number of hydrogen-bond donors (Lipinski definition) is 1. The number of phenolic OH excluding ortho intramolecular Hbond substituents is 1. The number of phenols is 1. The van der Waals surface area contributed by atoms with Gasteiger partial charge in [0.05, 0.1) is 5.56 Å². The molecule has 1 N–H and O–H groups in total. The molecule has 3 nitrogen and oxygen atoms in total. The summed E-state index contributed by atoms with van der Waals surface area (Å²) in [5, 5.41) is 18.1. The van der Waals surface area contributed by atoms with E-state index in [0.717, 1.165) is 18.8 Å². The van der Waals surface area contributed by atoms with Gasteiger partial charge in [-0.2, -0.15) is 5.26 Å². The van der Waals surface area contributed by atoms with Crippen molar-refractivity contribution in [2.75, 3.05) is 18.0 Å². The van der Waals surface area contributed by atoms with Gasteiger partial charge in [-0.15, -0.1) is 0 Å². The highest BCUT2D eigenvalue weighted by molar-refractivity contribution is 5.56. The fraction of sp³-hybridized carbons (Fsp3) is 0.364. The molecular formula is C11H12N2O. The quantitative estimate of drug-likeness (QED) is 0.731. The Morgan fingerprint density at radius 1 is 1.29 bits per heavy atom. The summed E-state index contributed by atoms with van der Waals surface area (Å²) >= 11 is 0. The first-order valence-electron chi connectivity index (χ1n) is 4.79. The number of aromatic hydroxyl groups is 1. The lowest BCUT2D eigenvalue weighted by molar-refractivity contribution is 0.473. The van der Waals surface area contributed by atoms with Crippen LogP contribution < -0.4 is 4.90 Å². The second kappa shape index (κ2) is 3.59. The zero-order valence-corrected chi connectivity index (χ0v) is 7.90. The van der Waals surface area contributed by atoms with E-state index in [1.807, 2.05) is 12.1 Å². The Labute approximate surface area is 83.2 Å². The van der Waals surface area contributed by atoms with Gasteiger partial charge in [0.25, 0.3) is 0 Å². The first-order chi connectivity index (χ1) is 6.81. The lowest BCUT2D eigenvalue weighted by Crippen LogP contribution is -2.17. The van der Waals surface area contributed by atoms with Crippen molar-refractivity contribution < 1.29 is 5.11 Å². The van der Waals surface area contributed by atoms with Crippen LogP contribution in [0.5, 0.6) is 5.75 Å². The zero-order chi connectivity index (χ0) is 9.97. The Morgan fingerprint density at radius 2 is 2.00 bits per heavy atom. The maximum Gasteiger partial charge on any atom is 0.133 e. The second-order valence-corrected chi connectivity index (χ2v) is 3.51. The largest absolute Gasteiger partial charge is 0.507 e. The Bertz CT molecular complexity index is 375. The molecule has 1 heterocycles. The predicted molar refractivity (Wildman–Crippen MR) is 54.3 cm³/mol. The smallest absolute Gasteiger partial charge is 0.133 e. The molecule has 0 aromatic heterocycles. The van der Waals surface area contributed by atoms with Crippen LogP contribution in [0.25, 0.3) is 0 Å². The minimum Gasteiger partial charge on any atom is -0.507 e. The fourth-order valence-electron chi connectivity index (χ4n) is 1.79. The Hall–Kier alpha value is -1.69. The van der Waals surface area contributed by atoms with Crippen LogP contribution in [0.3, 0.4) is 0 Å². The van der Waals surface area contributed by atoms with Gasteiger partial charge in [0.15, 0.2) is 0 Å². The molecule has 0 spiro atoms. The summed E-state index contributed by atoms with van der Waals surface area (Å²) < 4.78 is 0. The maximum absolute atomic E-state index is 9.34. The van der Waals surface area contributed by atoms with Crippen molar-refractivity contribution in [3.8, 4) is 11.8 Å². The van der Waals surface area contributed by atoms with Crippen LogP contribution in [0.4, 0.5) is 5.69 Å². The first kappa shape index (κ1) is 8.89. The molecule has 1 saturated heterocycles. The van der Waals surface area contributed by atoms with Crippen molar-refractivity contribution in [3.05, 3.63) is 23.8 Å². The molecule has 72 valence electrons. The van der Waals surface area contributed by atoms with E-state index in [1.54, 1.807) is 12.1 Å². The average molecular weight is 188 g/mol. The molecule has 14 heavy (non-hydrogen) atoms. The molecule has 0 bridgehead atoms. The maximum atomic E-state index is 9.34. The van der Waals surface area contributed by atoms with Gasteiger partial charge in [0.1, 0.15) is 11.8 Å². The number of hydrogen-bond acceptors (Lipinski definition) is 3. The standard InChI is InChI=1S/C11H12N2O/c12-8-9-7-10(3-4-11(9)14)13-5-1-2-6-13/h3-4,7,14H,1-2,5-6H2. The zero-order valence-electron chi connectivity index (χ0n) is 7.90. The molecule has 1 fully saturated rings. The molecule has 3 heteroatoms. The van der Waals surface area contributed by atoms with Gasteiger partial charge < -0.3 is 10.0 Å². The van der Waals surface area contributed by atoms with E-state index >= 15 is 0 Å². The average Bonchev–Trinajstić information content (AvgIpc) is 2.71. The minimum absolute atomic E-state index is 0.0652. The van der Waals surface area contributed by atoms with E-state index in [-0.39, 0.29) is 5.75 Å². The summed E-state index contributed by atoms with van der Waals surface area (Å²) in [7, 11) is 0. The van der Waals surface area contributed by atoms with Crippen molar-refractivity contribution in [2.45, 2.75) is 12.8 Å². The third-order valence-electron chi connectivity index (χ3n) is 2.57. The third kappa shape index (κ3) is 1.51. The van der Waals surface area contributed by atoms with Crippen LogP contribution in [-0.2, 0) is 0 Å². The van der Waals surface area contributed by atoms with E-state index in [2.05, 4.69) is 4.90 Å². The lowest BCUT2D eigenvalue weighted by atomic mass is 10.2. The van der Waals surface area contributed by atoms with Crippen LogP contribution in [0.1, 0.15) is 18.4 Å². The van der Waals surface area contributed by atoms with E-state index in [4.69, 9.17) is 5.26 Å². The molecule has 1 aromatic carbocycles. The van der Waals surface area contributed by atoms with Crippen molar-refractivity contribution >= 4 is 5.69 Å². The molecule has 0 aliphatic carbocycles. The Balaban J connectivity index is 2.31. The monoisotopic (exact) mass is 188 g/mol. The van der Waals surface area contributed by atoms with E-state index < -0.39 is 0 Å². The number of benzene rings is 1. The Kier molecular flexibility index (Phi) is 2.28. The third-order valence-corrected chi connectivity index (χ3v) is 2.57. The van der Waals surface area contributed by atoms with Crippen molar-refractivity contribution in [2.24, 2.45) is 0 Å². The normalized spacial score (nSPS) is 15.5. The summed E-state index contributed by atoms with van der Waals surface area (Å²) in [6.07, 6.45) is 2.42. The van der Waals surface area contributed by atoms with Crippen molar-refractivity contribution in [3.63, 3.8) is 0 Å². The topological polar surface area (TPSA) is 47.3 Å². The minimum atomic E-state index is 0.0652. The van der Waals surface area contributed by atoms with Gasteiger partial charge in [-0.25, -0.2) is 0 Å². The molecule has 0 amide bonds. The van der Waals surface area contributed by atoms with Gasteiger partial charge >= 0.3 is 0 Å². The first-order valence-corrected chi connectivity index (χ1v) is 4.79. The summed E-state index contributed by atoms with van der Waals surface area (Å²) in [6.45, 7) is 2.10. The SMILES string of the molecule is N#Cc1cc(N2CCCC2)ccc1O. The van der Waals surface area contributed by atoms with Crippen LogP contribution >= 0.6 is 0 Å². The molecule has 0 radical (unpaired) electrons. The van der Waals surface area contributed by atoms with Gasteiger partial charge in [-0.05, 0) is 31.0 Å². The van der Waals surface area contributed by atoms with E-state index in [0.29, 0.717) is 5.56 Å². The molecular weight excluding hydrogens is 176 g/mol. The van der Waals surface area contributed by atoms with Crippen LogP contribution in [0.2, 0.25) is 0 Å². The predicted octanol–water partition coefficient (Wildman–Crippen LogP) is 1.86. The fourth-order valence-corrected chi connectivity index (χ4v) is 1.79. The van der Waals surface area contributed by atoms with Crippen LogP contribution in [0, 0.1) is 11.3 Å². The highest BCUT2D eigenvalue weighted by Crippen LogP contribution is 2.25. The van der Waals surface area contributed by atoms with Gasteiger partial charge in [0.2, 0.25) is 0 Å². The van der Waals surface area contributed by atoms with E-state index in [9.17, 15) is 5.11 Å². The van der Waals surface area contributed by atoms with Crippen LogP contribution in [-0.4, -0.2) is 18.2 Å². The summed E-state index contributed by atoms with van der Waals surface area (Å²) in [6, 6.07) is 7.19. The highest BCUT2D eigenvalue weighted by atomic mass is 16.3. The van der Waals surface area contributed by atoms with Gasteiger partial charge in [0, 0.05) is 18.8 Å². The van der Waals surface area contributed by atoms with Crippen molar-refractivity contribution in [1.82, 2.24) is 0 Å². The van der Waals surface area contributed by atoms with Gasteiger partial charge in [-0.1, -0.05) is 0 Å². The highest BCUT2D eigenvalue weighted by Gasteiger charge is 2.13. The lowest BCUT2D eigenvalue weighted by Gasteiger charge is -2.17. The molecule has 1 aliphatic rings. The number of rotatable bonds is 1. The molecule has 1 aromatic rings. The molecule has 0 unspecified atom stereocenters. The molecule has 0 atom stereocenters. The summed E-state index contributed by atoms with van der Waals surface area (Å²) in [4.78, 5) is 2.24. The van der Waals surface area contributed by atoms with Gasteiger partial charge in [-0.3, -0.25) is 0 Å².